The van der Waals surface area contributed by atoms with Crippen molar-refractivity contribution >= 4 is 39.3 Å². The van der Waals surface area contributed by atoms with Gasteiger partial charge in [-0.05, 0) is 55.1 Å². The van der Waals surface area contributed by atoms with Crippen LogP contribution in [0.5, 0.6) is 5.75 Å². The number of benzene rings is 1. The molecule has 1 atom stereocenters. The summed E-state index contributed by atoms with van der Waals surface area (Å²) >= 11 is 3.35. The molecule has 0 heterocycles. The minimum atomic E-state index is -0.700. The van der Waals surface area contributed by atoms with Crippen LogP contribution in [-0.2, 0) is 9.53 Å². The first-order valence-electron chi connectivity index (χ1n) is 8.75. The van der Waals surface area contributed by atoms with Crippen LogP contribution < -0.4 is 15.8 Å². The molecule has 0 spiro atoms. The predicted octanol–water partition coefficient (Wildman–Crippen LogP) is 4.26. The fourth-order valence-corrected chi connectivity index (χ4v) is 2.92. The van der Waals surface area contributed by atoms with Crippen LogP contribution in [-0.4, -0.2) is 42.7 Å². The average molecular weight is 444 g/mol. The van der Waals surface area contributed by atoms with Crippen LogP contribution in [0.4, 0.5) is 16.2 Å². The highest BCUT2D eigenvalue weighted by Crippen LogP contribution is 2.33. The number of nitrogens with one attached hydrogen (secondary N) is 1. The van der Waals surface area contributed by atoms with Crippen LogP contribution in [0.25, 0.3) is 0 Å². The molecule has 8 heteroatoms. The summed E-state index contributed by atoms with van der Waals surface area (Å²) in [4.78, 5) is 26.7. The summed E-state index contributed by atoms with van der Waals surface area (Å²) in [6.07, 6.45) is -0.0699. The lowest BCUT2D eigenvalue weighted by Crippen LogP contribution is -2.47. The maximum Gasteiger partial charge on any atom is 0.410 e. The highest BCUT2D eigenvalue weighted by atomic mass is 79.9. The summed E-state index contributed by atoms with van der Waals surface area (Å²) in [5, 5.41) is 2.80. The molecule has 27 heavy (non-hydrogen) atoms. The van der Waals surface area contributed by atoms with Gasteiger partial charge in [-0.3, -0.25) is 9.69 Å². The van der Waals surface area contributed by atoms with Gasteiger partial charge in [-0.25, -0.2) is 4.79 Å². The first kappa shape index (κ1) is 23.1. The fraction of sp³-hybridized carbons (Fsp3) is 0.579. The van der Waals surface area contributed by atoms with Crippen LogP contribution in [0.1, 0.15) is 41.0 Å². The van der Waals surface area contributed by atoms with Gasteiger partial charge in [0.25, 0.3) is 0 Å². The second kappa shape index (κ2) is 9.30. The van der Waals surface area contributed by atoms with Crippen molar-refractivity contribution in [3.63, 3.8) is 0 Å². The molecule has 1 unspecified atom stereocenters. The van der Waals surface area contributed by atoms with Crippen LogP contribution >= 0.6 is 15.9 Å². The third kappa shape index (κ3) is 6.93. The molecular weight excluding hydrogens is 414 g/mol. The lowest BCUT2D eigenvalue weighted by Gasteiger charge is -2.31. The first-order chi connectivity index (χ1) is 12.4. The summed E-state index contributed by atoms with van der Waals surface area (Å²) < 4.78 is 11.3. The molecule has 7 nitrogen and oxygen atoms in total. The molecule has 0 aliphatic rings. The molecule has 1 rings (SSSR count). The summed E-state index contributed by atoms with van der Waals surface area (Å²) in [7, 11) is 3.09. The van der Waals surface area contributed by atoms with Gasteiger partial charge in [0.15, 0.2) is 0 Å². The van der Waals surface area contributed by atoms with Gasteiger partial charge in [0, 0.05) is 13.1 Å². The Morgan fingerprint density at radius 2 is 1.89 bits per heavy atom. The molecule has 2 amide bonds. The van der Waals surface area contributed by atoms with Crippen LogP contribution in [0.15, 0.2) is 16.6 Å². The van der Waals surface area contributed by atoms with Gasteiger partial charge >= 0.3 is 6.09 Å². The number of carbonyl (C=O) groups is 2. The standard InChI is InChI=1S/C19H30BrN3O4/c1-11(2)8-15(23(6)18(25)27-19(3,4)5)17(24)22-14-10-16(26-7)12(20)9-13(14)21/h9-11,15H,8,21H2,1-7H3,(H,22,24). The van der Waals surface area contributed by atoms with E-state index in [9.17, 15) is 9.59 Å². The van der Waals surface area contributed by atoms with E-state index in [1.807, 2.05) is 13.8 Å². The Morgan fingerprint density at radius 3 is 2.37 bits per heavy atom. The van der Waals surface area contributed by atoms with Crippen molar-refractivity contribution in [3.8, 4) is 5.75 Å². The molecule has 0 fully saturated rings. The SMILES string of the molecule is COc1cc(NC(=O)C(CC(C)C)N(C)C(=O)OC(C)(C)C)c(N)cc1Br. The number of hydrogen-bond acceptors (Lipinski definition) is 5. The molecule has 1 aromatic carbocycles. The first-order valence-corrected chi connectivity index (χ1v) is 9.54. The van der Waals surface area contributed by atoms with Crippen LogP contribution in [0.3, 0.4) is 0 Å². The van der Waals surface area contributed by atoms with Gasteiger partial charge in [-0.2, -0.15) is 0 Å². The Labute approximate surface area is 169 Å². The molecule has 0 saturated heterocycles. The average Bonchev–Trinajstić information content (AvgIpc) is 2.52. The van der Waals surface area contributed by atoms with Crippen molar-refractivity contribution in [1.29, 1.82) is 0 Å². The van der Waals surface area contributed by atoms with E-state index in [1.165, 1.54) is 12.0 Å². The Balaban J connectivity index is 3.07. The van der Waals surface area contributed by atoms with E-state index in [-0.39, 0.29) is 11.8 Å². The van der Waals surface area contributed by atoms with E-state index in [0.29, 0.717) is 28.0 Å². The monoisotopic (exact) mass is 443 g/mol. The molecule has 0 bridgehead atoms. The lowest BCUT2D eigenvalue weighted by atomic mass is 10.0. The summed E-state index contributed by atoms with van der Waals surface area (Å²) in [5.74, 6) is 0.399. The zero-order chi connectivity index (χ0) is 20.9. The summed E-state index contributed by atoms with van der Waals surface area (Å²) in [5.41, 5.74) is 6.17. The number of amides is 2. The molecule has 0 aliphatic carbocycles. The van der Waals surface area contributed by atoms with E-state index in [1.54, 1.807) is 40.0 Å². The molecule has 0 saturated carbocycles. The number of likely N-dealkylation sites (N-methyl/N-ethyl adjacent to an activating group) is 1. The van der Waals surface area contributed by atoms with Crippen molar-refractivity contribution in [2.75, 3.05) is 25.2 Å². The quantitative estimate of drug-likeness (QED) is 0.640. The Bertz CT molecular complexity index is 686. The number of nitrogens with two attached hydrogens (primary N) is 1. The summed E-state index contributed by atoms with van der Waals surface area (Å²) in [6.45, 7) is 9.32. The number of nitrogens with zero attached hydrogens (tertiary/aromatic N) is 1. The van der Waals surface area contributed by atoms with Gasteiger partial charge in [-0.1, -0.05) is 13.8 Å². The highest BCUT2D eigenvalue weighted by molar-refractivity contribution is 9.10. The smallest absolute Gasteiger partial charge is 0.410 e. The third-order valence-electron chi connectivity index (χ3n) is 3.73. The molecule has 152 valence electrons. The third-order valence-corrected chi connectivity index (χ3v) is 4.35. The Hall–Kier alpha value is -1.96. The van der Waals surface area contributed by atoms with Crippen molar-refractivity contribution in [1.82, 2.24) is 4.90 Å². The number of methoxy groups -OCH3 is 1. The fourth-order valence-electron chi connectivity index (χ4n) is 2.40. The molecule has 0 radical (unpaired) electrons. The second-order valence-corrected chi connectivity index (χ2v) is 8.65. The maximum atomic E-state index is 12.9. The van der Waals surface area contributed by atoms with Gasteiger partial charge < -0.3 is 20.5 Å². The molecule has 1 aromatic rings. The van der Waals surface area contributed by atoms with E-state index in [4.69, 9.17) is 15.2 Å². The van der Waals surface area contributed by atoms with Gasteiger partial charge in [0.1, 0.15) is 17.4 Å². The van der Waals surface area contributed by atoms with Crippen molar-refractivity contribution in [2.24, 2.45) is 5.92 Å². The van der Waals surface area contributed by atoms with Crippen molar-refractivity contribution < 1.29 is 19.1 Å². The maximum absolute atomic E-state index is 12.9. The Morgan fingerprint density at radius 1 is 1.30 bits per heavy atom. The zero-order valence-electron chi connectivity index (χ0n) is 17.1. The largest absolute Gasteiger partial charge is 0.495 e. The highest BCUT2D eigenvalue weighted by Gasteiger charge is 2.31. The minimum Gasteiger partial charge on any atom is -0.495 e. The zero-order valence-corrected chi connectivity index (χ0v) is 18.6. The second-order valence-electron chi connectivity index (χ2n) is 7.80. The van der Waals surface area contributed by atoms with Crippen LogP contribution in [0, 0.1) is 5.92 Å². The molecule has 0 aliphatic heterocycles. The molecule has 3 N–H and O–H groups in total. The summed E-state index contributed by atoms with van der Waals surface area (Å²) in [6, 6.07) is 2.59. The number of nitrogen functional groups attached to an aromatic ring is 1. The number of rotatable bonds is 6. The van der Waals surface area contributed by atoms with E-state index in [0.717, 1.165) is 0 Å². The number of ether oxygens (including phenoxy) is 2. The lowest BCUT2D eigenvalue weighted by molar-refractivity contribution is -0.121. The Kier molecular flexibility index (Phi) is 7.95. The molecular formula is C19H30BrN3O4. The van der Waals surface area contributed by atoms with Crippen molar-refractivity contribution in [3.05, 3.63) is 16.6 Å². The van der Waals surface area contributed by atoms with E-state index < -0.39 is 17.7 Å². The van der Waals surface area contributed by atoms with Gasteiger partial charge in [0.2, 0.25) is 5.91 Å². The van der Waals surface area contributed by atoms with Gasteiger partial charge in [-0.15, -0.1) is 0 Å². The van der Waals surface area contributed by atoms with Crippen molar-refractivity contribution in [2.45, 2.75) is 52.7 Å². The van der Waals surface area contributed by atoms with Crippen LogP contribution in [0.2, 0.25) is 0 Å². The van der Waals surface area contributed by atoms with E-state index in [2.05, 4.69) is 21.2 Å². The number of anilines is 2. The topological polar surface area (TPSA) is 93.9 Å². The normalized spacial score (nSPS) is 12.5. The minimum absolute atomic E-state index is 0.197. The van der Waals surface area contributed by atoms with E-state index >= 15 is 0 Å². The number of halogens is 1. The number of carbonyl (C=O) groups excluding carboxylic acids is 2. The van der Waals surface area contributed by atoms with Gasteiger partial charge in [0.05, 0.1) is 23.0 Å². The molecule has 0 aromatic heterocycles. The predicted molar refractivity (Wildman–Crippen MR) is 111 cm³/mol. The number of hydrogen-bond donors (Lipinski definition) is 2.